The molecule has 1 aromatic heterocycles. The van der Waals surface area contributed by atoms with Crippen LogP contribution in [-0.2, 0) is 12.8 Å². The minimum Gasteiger partial charge on any atom is -0.493 e. The smallest absolute Gasteiger partial charge is 0.188 e. The van der Waals surface area contributed by atoms with E-state index in [-0.39, 0.29) is 24.0 Å². The van der Waals surface area contributed by atoms with Crippen LogP contribution >= 0.6 is 35.6 Å². The molecule has 0 fully saturated rings. The predicted octanol–water partition coefficient (Wildman–Crippen LogP) is 3.06. The van der Waals surface area contributed by atoms with Gasteiger partial charge in [-0.2, -0.15) is 0 Å². The Morgan fingerprint density at radius 1 is 1.12 bits per heavy atom. The molecule has 0 aliphatic carbocycles. The van der Waals surface area contributed by atoms with Crippen molar-refractivity contribution in [1.29, 1.82) is 0 Å². The van der Waals surface area contributed by atoms with Crippen molar-refractivity contribution in [1.82, 2.24) is 10.3 Å². The Kier molecular flexibility index (Phi) is 10.1. The van der Waals surface area contributed by atoms with Crippen LogP contribution in [0, 0.1) is 0 Å². The van der Waals surface area contributed by atoms with Crippen LogP contribution in [0.2, 0.25) is 5.15 Å². The first-order valence-corrected chi connectivity index (χ1v) is 8.35. The lowest BCUT2D eigenvalue weighted by atomic mass is 10.1. The van der Waals surface area contributed by atoms with Crippen LogP contribution in [0.15, 0.2) is 41.5 Å². The third-order valence-electron chi connectivity index (χ3n) is 3.64. The Hall–Kier alpha value is -1.74. The Bertz CT molecular complexity index is 711. The van der Waals surface area contributed by atoms with Gasteiger partial charge in [0.2, 0.25) is 0 Å². The molecule has 1 heterocycles. The van der Waals surface area contributed by atoms with Crippen molar-refractivity contribution < 1.29 is 9.47 Å². The molecule has 6 nitrogen and oxygen atoms in total. The van der Waals surface area contributed by atoms with Crippen LogP contribution < -0.4 is 20.5 Å². The van der Waals surface area contributed by atoms with Gasteiger partial charge in [0, 0.05) is 19.3 Å². The minimum absolute atomic E-state index is 0. The molecule has 0 amide bonds. The first kappa shape index (κ1) is 22.3. The number of nitrogens with two attached hydrogens (primary N) is 1. The standard InChI is InChI=1S/C18H23ClN4O2.HI/c1-24-15-5-3-13(11-16(15)25-2)7-9-21-18(20)22-10-8-14-4-6-17(19)23-12-14;/h3-6,11-12H,7-10H2,1-2H3,(H3,20,21,22);1H. The third-order valence-corrected chi connectivity index (χ3v) is 3.86. The monoisotopic (exact) mass is 490 g/mol. The Morgan fingerprint density at radius 2 is 1.85 bits per heavy atom. The minimum atomic E-state index is 0. The van der Waals surface area contributed by atoms with Crippen molar-refractivity contribution in [2.24, 2.45) is 10.7 Å². The average molecular weight is 491 g/mol. The molecular weight excluding hydrogens is 467 g/mol. The second-order valence-electron chi connectivity index (χ2n) is 5.37. The summed E-state index contributed by atoms with van der Waals surface area (Å²) in [5.41, 5.74) is 8.09. The fourth-order valence-electron chi connectivity index (χ4n) is 2.29. The number of aliphatic imine (C=N–C) groups is 1. The van der Waals surface area contributed by atoms with E-state index in [0.717, 1.165) is 24.0 Å². The number of hydrogen-bond donors (Lipinski definition) is 2. The maximum atomic E-state index is 5.89. The highest BCUT2D eigenvalue weighted by Crippen LogP contribution is 2.27. The number of methoxy groups -OCH3 is 2. The first-order chi connectivity index (χ1) is 12.1. The Balaban J connectivity index is 0.00000338. The molecule has 142 valence electrons. The number of hydrogen-bond acceptors (Lipinski definition) is 4. The fourth-order valence-corrected chi connectivity index (χ4v) is 2.40. The van der Waals surface area contributed by atoms with E-state index < -0.39 is 0 Å². The van der Waals surface area contributed by atoms with Crippen molar-refractivity contribution >= 4 is 41.5 Å². The van der Waals surface area contributed by atoms with E-state index in [1.54, 1.807) is 26.5 Å². The van der Waals surface area contributed by atoms with E-state index in [1.807, 2.05) is 24.3 Å². The lowest BCUT2D eigenvalue weighted by molar-refractivity contribution is 0.354. The van der Waals surface area contributed by atoms with Crippen LogP contribution in [0.5, 0.6) is 11.5 Å². The van der Waals surface area contributed by atoms with Crippen LogP contribution in [0.4, 0.5) is 0 Å². The zero-order valence-corrected chi connectivity index (χ0v) is 18.0. The number of rotatable bonds is 8. The fraction of sp³-hybridized carbons (Fsp3) is 0.333. The normalized spacial score (nSPS) is 10.8. The largest absolute Gasteiger partial charge is 0.493 e. The van der Waals surface area contributed by atoms with Gasteiger partial charge in [0.15, 0.2) is 17.5 Å². The van der Waals surface area contributed by atoms with Gasteiger partial charge in [0.25, 0.3) is 0 Å². The third kappa shape index (κ3) is 7.25. The van der Waals surface area contributed by atoms with Crippen molar-refractivity contribution in [3.05, 3.63) is 52.8 Å². The zero-order chi connectivity index (χ0) is 18.1. The number of benzene rings is 1. The van der Waals surface area contributed by atoms with Gasteiger partial charge < -0.3 is 20.5 Å². The second kappa shape index (κ2) is 11.8. The molecule has 0 radical (unpaired) electrons. The Labute approximate surface area is 176 Å². The summed E-state index contributed by atoms with van der Waals surface area (Å²) in [5, 5.41) is 3.59. The van der Waals surface area contributed by atoms with Gasteiger partial charge in [-0.3, -0.25) is 4.99 Å². The predicted molar refractivity (Wildman–Crippen MR) is 116 cm³/mol. The first-order valence-electron chi connectivity index (χ1n) is 7.97. The summed E-state index contributed by atoms with van der Waals surface area (Å²) < 4.78 is 10.5. The molecular formula is C18H24ClIN4O2. The van der Waals surface area contributed by atoms with Crippen molar-refractivity contribution in [3.8, 4) is 11.5 Å². The van der Waals surface area contributed by atoms with E-state index in [4.69, 9.17) is 26.8 Å². The number of nitrogens with one attached hydrogen (secondary N) is 1. The molecule has 0 aliphatic heterocycles. The lowest BCUT2D eigenvalue weighted by Gasteiger charge is -2.09. The number of guanidine groups is 1. The molecule has 2 aromatic rings. The molecule has 8 heteroatoms. The van der Waals surface area contributed by atoms with Crippen molar-refractivity contribution in [3.63, 3.8) is 0 Å². The summed E-state index contributed by atoms with van der Waals surface area (Å²) >= 11 is 5.76. The van der Waals surface area contributed by atoms with Crippen molar-refractivity contribution in [2.45, 2.75) is 12.8 Å². The van der Waals surface area contributed by atoms with E-state index >= 15 is 0 Å². The molecule has 3 N–H and O–H groups in total. The number of nitrogens with zero attached hydrogens (tertiary/aromatic N) is 2. The summed E-state index contributed by atoms with van der Waals surface area (Å²) in [6, 6.07) is 9.55. The van der Waals surface area contributed by atoms with Gasteiger partial charge in [0.05, 0.1) is 14.2 Å². The number of pyridine rings is 1. The topological polar surface area (TPSA) is 81.8 Å². The molecule has 0 aliphatic rings. The second-order valence-corrected chi connectivity index (χ2v) is 5.76. The highest BCUT2D eigenvalue weighted by molar-refractivity contribution is 14.0. The maximum absolute atomic E-state index is 5.89. The summed E-state index contributed by atoms with van der Waals surface area (Å²) in [7, 11) is 3.24. The number of aromatic nitrogens is 1. The molecule has 26 heavy (non-hydrogen) atoms. The van der Waals surface area contributed by atoms with E-state index in [9.17, 15) is 0 Å². The zero-order valence-electron chi connectivity index (χ0n) is 14.9. The molecule has 0 unspecified atom stereocenters. The van der Waals surface area contributed by atoms with Gasteiger partial charge in [-0.1, -0.05) is 23.7 Å². The van der Waals surface area contributed by atoms with E-state index in [2.05, 4.69) is 15.3 Å². The molecule has 0 bridgehead atoms. The van der Waals surface area contributed by atoms with Gasteiger partial charge in [-0.25, -0.2) is 4.98 Å². The number of ether oxygens (including phenoxy) is 2. The molecule has 0 saturated carbocycles. The van der Waals surface area contributed by atoms with Gasteiger partial charge in [-0.05, 0) is 42.2 Å². The van der Waals surface area contributed by atoms with Crippen LogP contribution in [0.3, 0.4) is 0 Å². The van der Waals surface area contributed by atoms with Crippen LogP contribution in [0.1, 0.15) is 11.1 Å². The van der Waals surface area contributed by atoms with E-state index in [0.29, 0.717) is 35.7 Å². The lowest BCUT2D eigenvalue weighted by Crippen LogP contribution is -2.33. The number of halogens is 2. The quantitative estimate of drug-likeness (QED) is 0.257. The Morgan fingerprint density at radius 3 is 2.50 bits per heavy atom. The van der Waals surface area contributed by atoms with Crippen LogP contribution in [-0.4, -0.2) is 38.3 Å². The summed E-state index contributed by atoms with van der Waals surface area (Å²) in [6.07, 6.45) is 3.33. The van der Waals surface area contributed by atoms with E-state index in [1.165, 1.54) is 0 Å². The van der Waals surface area contributed by atoms with Gasteiger partial charge >= 0.3 is 0 Å². The molecule has 0 spiro atoms. The molecule has 2 rings (SSSR count). The van der Waals surface area contributed by atoms with Gasteiger partial charge in [0.1, 0.15) is 5.15 Å². The summed E-state index contributed by atoms with van der Waals surface area (Å²) in [5.74, 6) is 1.86. The summed E-state index contributed by atoms with van der Waals surface area (Å²) in [4.78, 5) is 8.38. The average Bonchev–Trinajstić information content (AvgIpc) is 2.63. The molecule has 0 atom stereocenters. The van der Waals surface area contributed by atoms with Gasteiger partial charge in [-0.15, -0.1) is 24.0 Å². The van der Waals surface area contributed by atoms with Crippen molar-refractivity contribution in [2.75, 3.05) is 27.3 Å². The summed E-state index contributed by atoms with van der Waals surface area (Å²) in [6.45, 7) is 1.28. The highest BCUT2D eigenvalue weighted by Gasteiger charge is 2.04. The molecule has 1 aromatic carbocycles. The maximum Gasteiger partial charge on any atom is 0.188 e. The van der Waals surface area contributed by atoms with Crippen LogP contribution in [0.25, 0.3) is 0 Å². The highest BCUT2D eigenvalue weighted by atomic mass is 127. The SMILES string of the molecule is COc1ccc(CCN=C(N)NCCc2ccc(Cl)nc2)cc1OC.I. The molecule has 0 saturated heterocycles.